The molecule has 3 heteroatoms. The second-order valence-electron chi connectivity index (χ2n) is 4.40. The summed E-state index contributed by atoms with van der Waals surface area (Å²) < 4.78 is 18.6. The van der Waals surface area contributed by atoms with Crippen LogP contribution in [0.4, 0.5) is 4.39 Å². The number of hydrogen-bond acceptors (Lipinski definition) is 1. The predicted octanol–water partition coefficient (Wildman–Crippen LogP) is 4.52. The Morgan fingerprint density at radius 1 is 1.00 bits per heavy atom. The highest BCUT2D eigenvalue weighted by atomic mass is 79.9. The topological polar surface area (TPSA) is 9.23 Å². The summed E-state index contributed by atoms with van der Waals surface area (Å²) in [5, 5.41) is 0.799. The van der Waals surface area contributed by atoms with Crippen LogP contribution in [0.3, 0.4) is 0 Å². The molecule has 0 aliphatic carbocycles. The van der Waals surface area contributed by atoms with E-state index in [-0.39, 0.29) is 11.7 Å². The van der Waals surface area contributed by atoms with Crippen LogP contribution in [0.25, 0.3) is 0 Å². The predicted molar refractivity (Wildman–Crippen MR) is 79.0 cm³/mol. The van der Waals surface area contributed by atoms with E-state index in [9.17, 15) is 4.39 Å². The van der Waals surface area contributed by atoms with E-state index in [1.54, 1.807) is 0 Å². The molecule has 0 radical (unpaired) electrons. The van der Waals surface area contributed by atoms with Crippen molar-refractivity contribution in [1.82, 2.24) is 0 Å². The Kier molecular flexibility index (Phi) is 5.55. The second-order valence-corrected chi connectivity index (χ2v) is 5.05. The summed E-state index contributed by atoms with van der Waals surface area (Å²) in [6.45, 7) is 1.22. The Morgan fingerprint density at radius 3 is 2.32 bits per heavy atom. The lowest BCUT2D eigenvalue weighted by Gasteiger charge is -2.15. The van der Waals surface area contributed by atoms with Crippen LogP contribution in [0.5, 0.6) is 0 Å². The molecular weight excluding hydrogens is 307 g/mol. The molecule has 1 unspecified atom stereocenters. The van der Waals surface area contributed by atoms with Gasteiger partial charge in [-0.15, -0.1) is 0 Å². The normalized spacial score (nSPS) is 12.3. The maximum atomic E-state index is 12.9. The minimum absolute atomic E-state index is 0.206. The Labute approximate surface area is 121 Å². The molecule has 0 aliphatic heterocycles. The Balaban J connectivity index is 1.87. The van der Waals surface area contributed by atoms with Crippen molar-refractivity contribution in [3.05, 3.63) is 71.5 Å². The molecule has 0 heterocycles. The molecule has 2 aromatic rings. The number of benzene rings is 2. The van der Waals surface area contributed by atoms with E-state index >= 15 is 0 Å². The van der Waals surface area contributed by atoms with Gasteiger partial charge in [-0.25, -0.2) is 4.39 Å². The van der Waals surface area contributed by atoms with Gasteiger partial charge < -0.3 is 4.74 Å². The third-order valence-electron chi connectivity index (χ3n) is 2.96. The van der Waals surface area contributed by atoms with Gasteiger partial charge in [0.25, 0.3) is 0 Å². The van der Waals surface area contributed by atoms with E-state index in [0.717, 1.165) is 16.5 Å². The summed E-state index contributed by atoms with van der Waals surface area (Å²) in [5.74, 6) is 0.0339. The van der Waals surface area contributed by atoms with Gasteiger partial charge in [0.15, 0.2) is 0 Å². The maximum absolute atomic E-state index is 12.9. The van der Waals surface area contributed by atoms with Gasteiger partial charge in [-0.05, 0) is 23.3 Å². The molecule has 1 nitrogen and oxygen atoms in total. The van der Waals surface area contributed by atoms with Crippen LogP contribution in [0, 0.1) is 5.82 Å². The number of halogens is 2. The zero-order valence-electron chi connectivity index (χ0n) is 10.6. The number of ether oxygens (including phenoxy) is 1. The first-order valence-corrected chi connectivity index (χ1v) is 7.35. The van der Waals surface area contributed by atoms with Gasteiger partial charge in [-0.3, -0.25) is 0 Å². The number of rotatable bonds is 6. The Morgan fingerprint density at radius 2 is 1.68 bits per heavy atom. The van der Waals surface area contributed by atoms with Crippen LogP contribution in [0.2, 0.25) is 0 Å². The van der Waals surface area contributed by atoms with Crippen molar-refractivity contribution in [2.45, 2.75) is 12.5 Å². The largest absolute Gasteiger partial charge is 0.376 e. The van der Waals surface area contributed by atoms with Crippen molar-refractivity contribution >= 4 is 15.9 Å². The van der Waals surface area contributed by atoms with E-state index in [2.05, 4.69) is 15.9 Å². The van der Waals surface area contributed by atoms with E-state index in [1.807, 2.05) is 42.5 Å². The third kappa shape index (κ3) is 4.44. The molecule has 2 aromatic carbocycles. The maximum Gasteiger partial charge on any atom is 0.123 e. The van der Waals surface area contributed by atoms with Gasteiger partial charge in [0, 0.05) is 11.2 Å². The molecule has 2 rings (SSSR count). The first-order valence-electron chi connectivity index (χ1n) is 6.22. The molecule has 0 amide bonds. The lowest BCUT2D eigenvalue weighted by molar-refractivity contribution is 0.111. The fraction of sp³-hybridized carbons (Fsp3) is 0.250. The quantitative estimate of drug-likeness (QED) is 0.710. The van der Waals surface area contributed by atoms with Gasteiger partial charge in [0.1, 0.15) is 5.82 Å². The van der Waals surface area contributed by atoms with Crippen LogP contribution >= 0.6 is 15.9 Å². The minimum Gasteiger partial charge on any atom is -0.376 e. The molecule has 100 valence electrons. The highest BCUT2D eigenvalue weighted by Crippen LogP contribution is 2.19. The Hall–Kier alpha value is -1.19. The Bertz CT molecular complexity index is 484. The van der Waals surface area contributed by atoms with Crippen molar-refractivity contribution < 1.29 is 9.13 Å². The fourth-order valence-electron chi connectivity index (χ4n) is 1.86. The molecule has 0 N–H and O–H groups in total. The summed E-state index contributed by atoms with van der Waals surface area (Å²) in [6.07, 6.45) is 0. The van der Waals surface area contributed by atoms with Gasteiger partial charge >= 0.3 is 0 Å². The summed E-state index contributed by atoms with van der Waals surface area (Å²) in [7, 11) is 0. The van der Waals surface area contributed by atoms with Crippen molar-refractivity contribution in [2.24, 2.45) is 0 Å². The average Bonchev–Trinajstić information content (AvgIpc) is 2.46. The van der Waals surface area contributed by atoms with Gasteiger partial charge in [0.05, 0.1) is 13.2 Å². The molecule has 19 heavy (non-hydrogen) atoms. The van der Waals surface area contributed by atoms with Crippen LogP contribution < -0.4 is 0 Å². The highest BCUT2D eigenvalue weighted by Gasteiger charge is 2.10. The van der Waals surface area contributed by atoms with Gasteiger partial charge in [-0.2, -0.15) is 0 Å². The van der Waals surface area contributed by atoms with E-state index in [4.69, 9.17) is 4.74 Å². The van der Waals surface area contributed by atoms with Crippen molar-refractivity contribution in [1.29, 1.82) is 0 Å². The van der Waals surface area contributed by atoms with E-state index < -0.39 is 0 Å². The molecule has 1 atom stereocenters. The first kappa shape index (κ1) is 14.2. The zero-order valence-corrected chi connectivity index (χ0v) is 12.1. The summed E-state index contributed by atoms with van der Waals surface area (Å²) in [4.78, 5) is 0. The lowest BCUT2D eigenvalue weighted by Crippen LogP contribution is -2.09. The molecule has 0 aromatic heterocycles. The number of hydrogen-bond donors (Lipinski definition) is 0. The average molecular weight is 323 g/mol. The summed E-state index contributed by atoms with van der Waals surface area (Å²) >= 11 is 3.48. The molecular formula is C16H16BrFO. The first-order chi connectivity index (χ1) is 9.29. The second kappa shape index (κ2) is 7.41. The number of alkyl halides is 1. The molecule has 0 spiro atoms. The van der Waals surface area contributed by atoms with Crippen LogP contribution in [0.15, 0.2) is 54.6 Å². The molecule has 0 fully saturated rings. The van der Waals surface area contributed by atoms with Crippen LogP contribution in [0.1, 0.15) is 17.0 Å². The smallest absolute Gasteiger partial charge is 0.123 e. The van der Waals surface area contributed by atoms with Gasteiger partial charge in [0.2, 0.25) is 0 Å². The van der Waals surface area contributed by atoms with Crippen LogP contribution in [-0.2, 0) is 11.3 Å². The third-order valence-corrected chi connectivity index (χ3v) is 3.74. The van der Waals surface area contributed by atoms with Gasteiger partial charge in [-0.1, -0.05) is 58.4 Å². The highest BCUT2D eigenvalue weighted by molar-refractivity contribution is 9.09. The fourth-order valence-corrected chi connectivity index (χ4v) is 2.42. The van der Waals surface area contributed by atoms with Crippen molar-refractivity contribution in [2.75, 3.05) is 11.9 Å². The van der Waals surface area contributed by atoms with Crippen LogP contribution in [-0.4, -0.2) is 11.9 Å². The standard InChI is InChI=1S/C16H16BrFO/c17-10-15(14-6-8-16(18)9-7-14)12-19-11-13-4-2-1-3-5-13/h1-9,15H,10-12H2. The monoisotopic (exact) mass is 322 g/mol. The van der Waals surface area contributed by atoms with E-state index in [1.165, 1.54) is 12.1 Å². The van der Waals surface area contributed by atoms with Crippen molar-refractivity contribution in [3.8, 4) is 0 Å². The SMILES string of the molecule is Fc1ccc(C(CBr)COCc2ccccc2)cc1. The lowest BCUT2D eigenvalue weighted by atomic mass is 10.0. The minimum atomic E-state index is -0.206. The summed E-state index contributed by atoms with van der Waals surface area (Å²) in [6, 6.07) is 16.7. The van der Waals surface area contributed by atoms with Crippen molar-refractivity contribution in [3.63, 3.8) is 0 Å². The molecule has 0 aliphatic rings. The summed E-state index contributed by atoms with van der Waals surface area (Å²) in [5.41, 5.74) is 2.25. The van der Waals surface area contributed by atoms with E-state index in [0.29, 0.717) is 13.2 Å². The zero-order chi connectivity index (χ0) is 13.5. The molecule has 0 bridgehead atoms. The molecule has 0 saturated carbocycles. The molecule has 0 saturated heterocycles.